The van der Waals surface area contributed by atoms with Crippen LogP contribution in [0.1, 0.15) is 0 Å². The van der Waals surface area contributed by atoms with Crippen LogP contribution in [-0.4, -0.2) is 30.5 Å². The number of hydrogen-bond donors (Lipinski definition) is 1. The van der Waals surface area contributed by atoms with E-state index in [1.807, 2.05) is 10.3 Å². The third-order valence-electron chi connectivity index (χ3n) is 1.77. The van der Waals surface area contributed by atoms with Gasteiger partial charge in [0.15, 0.2) is 5.13 Å². The van der Waals surface area contributed by atoms with Gasteiger partial charge in [-0.15, -0.1) is 11.3 Å². The second kappa shape index (κ2) is 3.63. The predicted molar refractivity (Wildman–Crippen MR) is 55.0 cm³/mol. The molecule has 0 unspecified atom stereocenters. The van der Waals surface area contributed by atoms with Crippen LogP contribution >= 0.6 is 27.3 Å². The molecule has 1 aromatic heterocycles. The Morgan fingerprint density at radius 1 is 1.69 bits per heavy atom. The van der Waals surface area contributed by atoms with Gasteiger partial charge in [0.25, 0.3) is 0 Å². The molecule has 1 aliphatic heterocycles. The largest absolute Gasteiger partial charge is 0.353 e. The predicted octanol–water partition coefficient (Wildman–Crippen LogP) is 0.842. The first-order valence-electron chi connectivity index (χ1n) is 3.88. The molecule has 0 bridgehead atoms. The molecule has 1 amide bonds. The lowest BCUT2D eigenvalue weighted by atomic mass is 10.4. The second-order valence-corrected chi connectivity index (χ2v) is 4.37. The number of hydrogen-bond acceptors (Lipinski definition) is 4. The lowest BCUT2D eigenvalue weighted by Gasteiger charge is -2.25. The fourth-order valence-electron chi connectivity index (χ4n) is 1.19. The molecular weight excluding hydrogens is 254 g/mol. The summed E-state index contributed by atoms with van der Waals surface area (Å²) in [4.78, 5) is 17.3. The molecule has 2 rings (SSSR count). The van der Waals surface area contributed by atoms with E-state index >= 15 is 0 Å². The fourth-order valence-corrected chi connectivity index (χ4v) is 2.47. The maximum Gasteiger partial charge on any atom is 0.239 e. The van der Waals surface area contributed by atoms with Gasteiger partial charge in [-0.25, -0.2) is 4.98 Å². The standard InChI is InChI=1S/C7H8BrN3OS/c8-5-4-13-7(10-5)11-2-1-9-6(12)3-11/h4H,1-3H2,(H,9,12). The molecule has 70 valence electrons. The Morgan fingerprint density at radius 3 is 3.15 bits per heavy atom. The van der Waals surface area contributed by atoms with Crippen molar-refractivity contribution in [3.63, 3.8) is 0 Å². The zero-order valence-corrected chi connectivity index (χ0v) is 9.19. The topological polar surface area (TPSA) is 45.2 Å². The lowest BCUT2D eigenvalue weighted by molar-refractivity contribution is -0.120. The Kier molecular flexibility index (Phi) is 2.50. The number of anilines is 1. The third-order valence-corrected chi connectivity index (χ3v) is 3.38. The quantitative estimate of drug-likeness (QED) is 0.815. The van der Waals surface area contributed by atoms with Crippen LogP contribution in [0.15, 0.2) is 9.98 Å². The number of carbonyl (C=O) groups is 1. The summed E-state index contributed by atoms with van der Waals surface area (Å²) in [7, 11) is 0. The summed E-state index contributed by atoms with van der Waals surface area (Å²) in [5.41, 5.74) is 0. The van der Waals surface area contributed by atoms with E-state index in [4.69, 9.17) is 0 Å². The Bertz CT molecular complexity index is 327. The normalized spacial score (nSPS) is 17.3. The van der Waals surface area contributed by atoms with E-state index in [-0.39, 0.29) is 5.91 Å². The number of amides is 1. The number of rotatable bonds is 1. The monoisotopic (exact) mass is 261 g/mol. The first-order valence-corrected chi connectivity index (χ1v) is 5.55. The van der Waals surface area contributed by atoms with Gasteiger partial charge in [0, 0.05) is 18.5 Å². The van der Waals surface area contributed by atoms with Crippen LogP contribution in [0.3, 0.4) is 0 Å². The Balaban J connectivity index is 2.12. The van der Waals surface area contributed by atoms with Crippen molar-refractivity contribution in [2.24, 2.45) is 0 Å². The number of halogens is 1. The van der Waals surface area contributed by atoms with Crippen LogP contribution in [0.5, 0.6) is 0 Å². The van der Waals surface area contributed by atoms with Crippen LogP contribution in [-0.2, 0) is 4.79 Å². The minimum atomic E-state index is 0.0672. The highest BCUT2D eigenvalue weighted by atomic mass is 79.9. The van der Waals surface area contributed by atoms with Crippen molar-refractivity contribution in [2.45, 2.75) is 0 Å². The van der Waals surface area contributed by atoms with Crippen molar-refractivity contribution in [2.75, 3.05) is 24.5 Å². The number of carbonyl (C=O) groups excluding carboxylic acids is 1. The zero-order valence-electron chi connectivity index (χ0n) is 6.79. The van der Waals surface area contributed by atoms with E-state index in [0.29, 0.717) is 13.1 Å². The molecule has 0 aromatic carbocycles. The minimum Gasteiger partial charge on any atom is -0.353 e. The summed E-state index contributed by atoms with van der Waals surface area (Å²) in [6, 6.07) is 0. The first-order chi connectivity index (χ1) is 6.25. The molecule has 6 heteroatoms. The van der Waals surface area contributed by atoms with E-state index in [0.717, 1.165) is 16.3 Å². The second-order valence-electron chi connectivity index (χ2n) is 2.72. The highest BCUT2D eigenvalue weighted by molar-refractivity contribution is 9.10. The maximum atomic E-state index is 11.1. The van der Waals surface area contributed by atoms with Gasteiger partial charge in [0.2, 0.25) is 5.91 Å². The Morgan fingerprint density at radius 2 is 2.54 bits per heavy atom. The molecule has 0 spiro atoms. The van der Waals surface area contributed by atoms with Gasteiger partial charge >= 0.3 is 0 Å². The molecule has 1 aromatic rings. The SMILES string of the molecule is O=C1CN(c2nc(Br)cs2)CCN1. The molecule has 2 heterocycles. The molecule has 1 fully saturated rings. The van der Waals surface area contributed by atoms with Crippen LogP contribution in [0.2, 0.25) is 0 Å². The summed E-state index contributed by atoms with van der Waals surface area (Å²) in [5.74, 6) is 0.0672. The molecule has 13 heavy (non-hydrogen) atoms. The third kappa shape index (κ3) is 2.00. The van der Waals surface area contributed by atoms with Gasteiger partial charge in [-0.1, -0.05) is 0 Å². The molecule has 1 aliphatic rings. The van der Waals surface area contributed by atoms with Crippen molar-refractivity contribution in [3.05, 3.63) is 9.98 Å². The summed E-state index contributed by atoms with van der Waals surface area (Å²) >= 11 is 4.83. The van der Waals surface area contributed by atoms with E-state index in [9.17, 15) is 4.79 Å². The zero-order chi connectivity index (χ0) is 9.26. The van der Waals surface area contributed by atoms with Crippen molar-refractivity contribution >= 4 is 38.3 Å². The van der Waals surface area contributed by atoms with Crippen molar-refractivity contribution in [3.8, 4) is 0 Å². The van der Waals surface area contributed by atoms with Gasteiger partial charge in [-0.2, -0.15) is 0 Å². The van der Waals surface area contributed by atoms with Gasteiger partial charge in [0.1, 0.15) is 4.60 Å². The molecule has 1 N–H and O–H groups in total. The van der Waals surface area contributed by atoms with Crippen LogP contribution < -0.4 is 10.2 Å². The number of piperazine rings is 1. The lowest BCUT2D eigenvalue weighted by Crippen LogP contribution is -2.47. The van der Waals surface area contributed by atoms with E-state index < -0.39 is 0 Å². The number of nitrogens with one attached hydrogen (secondary N) is 1. The van der Waals surface area contributed by atoms with Crippen LogP contribution in [0, 0.1) is 0 Å². The Labute approximate surface area is 88.1 Å². The number of thiazole rings is 1. The molecule has 0 atom stereocenters. The summed E-state index contributed by atoms with van der Waals surface area (Å²) in [5, 5.41) is 5.60. The Hall–Kier alpha value is -0.620. The summed E-state index contributed by atoms with van der Waals surface area (Å²) in [6.07, 6.45) is 0. The van der Waals surface area contributed by atoms with E-state index in [1.54, 1.807) is 11.3 Å². The van der Waals surface area contributed by atoms with Gasteiger partial charge in [0.05, 0.1) is 6.54 Å². The van der Waals surface area contributed by atoms with Crippen LogP contribution in [0.25, 0.3) is 0 Å². The highest BCUT2D eigenvalue weighted by Gasteiger charge is 2.18. The molecule has 0 radical (unpaired) electrons. The van der Waals surface area contributed by atoms with Gasteiger partial charge in [-0.05, 0) is 15.9 Å². The minimum absolute atomic E-state index is 0.0672. The average molecular weight is 262 g/mol. The first kappa shape index (κ1) is 8.96. The number of aromatic nitrogens is 1. The van der Waals surface area contributed by atoms with Crippen molar-refractivity contribution in [1.29, 1.82) is 0 Å². The molecule has 4 nitrogen and oxygen atoms in total. The van der Waals surface area contributed by atoms with Gasteiger partial charge in [-0.3, -0.25) is 4.79 Å². The summed E-state index contributed by atoms with van der Waals surface area (Å²) < 4.78 is 0.832. The van der Waals surface area contributed by atoms with E-state index in [1.165, 1.54) is 0 Å². The fraction of sp³-hybridized carbons (Fsp3) is 0.429. The smallest absolute Gasteiger partial charge is 0.239 e. The number of nitrogens with zero attached hydrogens (tertiary/aromatic N) is 2. The molecule has 1 saturated heterocycles. The van der Waals surface area contributed by atoms with Crippen molar-refractivity contribution < 1.29 is 4.79 Å². The van der Waals surface area contributed by atoms with Crippen LogP contribution in [0.4, 0.5) is 5.13 Å². The molecular formula is C7H8BrN3OS. The highest BCUT2D eigenvalue weighted by Crippen LogP contribution is 2.23. The summed E-state index contributed by atoms with van der Waals surface area (Å²) in [6.45, 7) is 1.96. The van der Waals surface area contributed by atoms with Crippen molar-refractivity contribution in [1.82, 2.24) is 10.3 Å². The average Bonchev–Trinajstić information content (AvgIpc) is 2.52. The maximum absolute atomic E-state index is 11.1. The van der Waals surface area contributed by atoms with Gasteiger partial charge < -0.3 is 10.2 Å². The molecule has 0 aliphatic carbocycles. The molecule has 0 saturated carbocycles. The van der Waals surface area contributed by atoms with E-state index in [2.05, 4.69) is 26.2 Å².